The largest absolute Gasteiger partial charge is 0.461 e. The van der Waals surface area contributed by atoms with Gasteiger partial charge in [0.1, 0.15) is 0 Å². The lowest BCUT2D eigenvalue weighted by Gasteiger charge is -2.24. The molecule has 0 bridgehead atoms. The maximum absolute atomic E-state index is 11.6. The maximum atomic E-state index is 11.6. The van der Waals surface area contributed by atoms with Gasteiger partial charge in [-0.3, -0.25) is 0 Å². The van der Waals surface area contributed by atoms with Crippen LogP contribution < -0.4 is 5.73 Å². The van der Waals surface area contributed by atoms with Crippen LogP contribution in [0.2, 0.25) is 0 Å². The summed E-state index contributed by atoms with van der Waals surface area (Å²) < 4.78 is 5.13. The molecule has 0 amide bonds. The molecule has 0 saturated heterocycles. The monoisotopic (exact) mass is 220 g/mol. The Morgan fingerprint density at radius 3 is 3.00 bits per heavy atom. The average molecular weight is 220 g/mol. The predicted molar refractivity (Wildman–Crippen MR) is 60.9 cm³/mol. The number of carbonyl (C=O) groups is 1. The van der Waals surface area contributed by atoms with Gasteiger partial charge >= 0.3 is 5.97 Å². The minimum atomic E-state index is -0.419. The summed E-state index contributed by atoms with van der Waals surface area (Å²) in [5.41, 5.74) is 6.22. The van der Waals surface area contributed by atoms with E-state index in [2.05, 4.69) is 4.98 Å². The van der Waals surface area contributed by atoms with Crippen LogP contribution in [0, 0.1) is 5.92 Å². The van der Waals surface area contributed by atoms with Crippen LogP contribution in [0.5, 0.6) is 0 Å². The molecule has 1 aromatic rings. The van der Waals surface area contributed by atoms with E-state index in [0.29, 0.717) is 12.3 Å². The van der Waals surface area contributed by atoms with E-state index in [0.717, 1.165) is 12.3 Å². The van der Waals surface area contributed by atoms with Crippen LogP contribution in [0.4, 0.5) is 5.69 Å². The van der Waals surface area contributed by atoms with Crippen LogP contribution >= 0.6 is 0 Å². The zero-order valence-electron chi connectivity index (χ0n) is 9.19. The molecule has 86 valence electrons. The van der Waals surface area contributed by atoms with Crippen LogP contribution in [0.25, 0.3) is 0 Å². The maximum Gasteiger partial charge on any atom is 0.359 e. The average Bonchev–Trinajstić information content (AvgIpc) is 2.22. The van der Waals surface area contributed by atoms with E-state index in [4.69, 9.17) is 10.5 Å². The first-order chi connectivity index (χ1) is 7.77. The normalized spacial score (nSPS) is 15.5. The van der Waals surface area contributed by atoms with E-state index in [1.165, 1.54) is 19.3 Å². The molecule has 0 aromatic carbocycles. The number of hydrogen-bond acceptors (Lipinski definition) is 4. The van der Waals surface area contributed by atoms with Crippen molar-refractivity contribution in [1.82, 2.24) is 4.98 Å². The first-order valence-corrected chi connectivity index (χ1v) is 5.65. The summed E-state index contributed by atoms with van der Waals surface area (Å²) in [6.07, 6.45) is 6.34. The van der Waals surface area contributed by atoms with Gasteiger partial charge in [0, 0.05) is 6.20 Å². The highest BCUT2D eigenvalue weighted by Gasteiger charge is 2.18. The molecule has 1 aliphatic carbocycles. The molecule has 1 saturated carbocycles. The molecule has 0 atom stereocenters. The fourth-order valence-corrected chi connectivity index (χ4v) is 1.76. The Hall–Kier alpha value is -1.58. The van der Waals surface area contributed by atoms with Gasteiger partial charge in [-0.1, -0.05) is 19.3 Å². The molecule has 4 heteroatoms. The summed E-state index contributed by atoms with van der Waals surface area (Å²) in [4.78, 5) is 15.5. The minimum absolute atomic E-state index is 0.219. The third kappa shape index (κ3) is 2.51. The topological polar surface area (TPSA) is 65.2 Å². The van der Waals surface area contributed by atoms with Gasteiger partial charge < -0.3 is 10.5 Å². The molecule has 4 nitrogen and oxygen atoms in total. The predicted octanol–water partition coefficient (Wildman–Crippen LogP) is 2.01. The molecule has 1 fully saturated rings. The van der Waals surface area contributed by atoms with E-state index in [-0.39, 0.29) is 5.69 Å². The van der Waals surface area contributed by atoms with Crippen LogP contribution in [-0.4, -0.2) is 17.6 Å². The van der Waals surface area contributed by atoms with Crippen molar-refractivity contribution in [1.29, 1.82) is 0 Å². The smallest absolute Gasteiger partial charge is 0.359 e. The lowest BCUT2D eigenvalue weighted by atomic mass is 9.83. The number of anilines is 1. The van der Waals surface area contributed by atoms with Gasteiger partial charge in [0.05, 0.1) is 12.3 Å². The summed E-state index contributed by atoms with van der Waals surface area (Å²) in [5, 5.41) is 0. The van der Waals surface area contributed by atoms with Gasteiger partial charge in [0.25, 0.3) is 0 Å². The Labute approximate surface area is 94.8 Å². The molecule has 0 unspecified atom stereocenters. The Kier molecular flexibility index (Phi) is 3.39. The number of pyridine rings is 1. The van der Waals surface area contributed by atoms with Crippen LogP contribution in [0.1, 0.15) is 36.2 Å². The van der Waals surface area contributed by atoms with Crippen LogP contribution in [0.3, 0.4) is 0 Å². The zero-order chi connectivity index (χ0) is 11.4. The minimum Gasteiger partial charge on any atom is -0.461 e. The highest BCUT2D eigenvalue weighted by Crippen LogP contribution is 2.29. The van der Waals surface area contributed by atoms with Gasteiger partial charge in [-0.05, 0) is 24.5 Å². The van der Waals surface area contributed by atoms with Crippen molar-refractivity contribution in [2.75, 3.05) is 12.3 Å². The standard InChI is InChI=1S/C12H16N2O2/c13-10-5-2-7-14-11(10)12(15)16-8-6-9-3-1-4-9/h2,5,7,9H,1,3-4,6,8,13H2. The number of hydrogen-bond donors (Lipinski definition) is 1. The summed E-state index contributed by atoms with van der Waals surface area (Å²) in [6, 6.07) is 3.34. The third-order valence-corrected chi connectivity index (χ3v) is 3.02. The van der Waals surface area contributed by atoms with Crippen molar-refractivity contribution in [2.24, 2.45) is 5.92 Å². The van der Waals surface area contributed by atoms with E-state index in [9.17, 15) is 4.79 Å². The third-order valence-electron chi connectivity index (χ3n) is 3.02. The molecule has 2 N–H and O–H groups in total. The quantitative estimate of drug-likeness (QED) is 0.788. The number of aromatic nitrogens is 1. The molecule has 1 aliphatic rings. The summed E-state index contributed by atoms with van der Waals surface area (Å²) in [7, 11) is 0. The van der Waals surface area contributed by atoms with Gasteiger partial charge in [0.2, 0.25) is 0 Å². The number of nitrogen functional groups attached to an aromatic ring is 1. The molecular formula is C12H16N2O2. The summed E-state index contributed by atoms with van der Waals surface area (Å²) in [6.45, 7) is 0.472. The molecule has 1 aromatic heterocycles. The van der Waals surface area contributed by atoms with Gasteiger partial charge in [-0.2, -0.15) is 0 Å². The second-order valence-corrected chi connectivity index (χ2v) is 4.16. The van der Waals surface area contributed by atoms with Crippen molar-refractivity contribution in [3.05, 3.63) is 24.0 Å². The van der Waals surface area contributed by atoms with Crippen molar-refractivity contribution < 1.29 is 9.53 Å². The van der Waals surface area contributed by atoms with Crippen LogP contribution in [-0.2, 0) is 4.74 Å². The second-order valence-electron chi connectivity index (χ2n) is 4.16. The molecule has 1 heterocycles. The van der Waals surface area contributed by atoms with Gasteiger partial charge in [0.15, 0.2) is 5.69 Å². The second kappa shape index (κ2) is 4.96. The summed E-state index contributed by atoms with van der Waals surface area (Å²) >= 11 is 0. The fraction of sp³-hybridized carbons (Fsp3) is 0.500. The Morgan fingerprint density at radius 2 is 2.38 bits per heavy atom. The lowest BCUT2D eigenvalue weighted by molar-refractivity contribution is 0.0459. The van der Waals surface area contributed by atoms with Crippen molar-refractivity contribution in [2.45, 2.75) is 25.7 Å². The van der Waals surface area contributed by atoms with Gasteiger partial charge in [-0.25, -0.2) is 9.78 Å². The Balaban J connectivity index is 1.81. The van der Waals surface area contributed by atoms with Crippen molar-refractivity contribution >= 4 is 11.7 Å². The Bertz CT molecular complexity index is 375. The first kappa shape index (κ1) is 10.9. The summed E-state index contributed by atoms with van der Waals surface area (Å²) in [5.74, 6) is 0.325. The van der Waals surface area contributed by atoms with E-state index >= 15 is 0 Å². The zero-order valence-corrected chi connectivity index (χ0v) is 9.19. The molecular weight excluding hydrogens is 204 g/mol. The number of nitrogens with two attached hydrogens (primary N) is 1. The Morgan fingerprint density at radius 1 is 1.56 bits per heavy atom. The number of rotatable bonds is 4. The number of ether oxygens (including phenoxy) is 1. The fourth-order valence-electron chi connectivity index (χ4n) is 1.76. The highest BCUT2D eigenvalue weighted by molar-refractivity contribution is 5.92. The van der Waals surface area contributed by atoms with E-state index in [1.807, 2.05) is 0 Å². The van der Waals surface area contributed by atoms with E-state index in [1.54, 1.807) is 18.3 Å². The molecule has 0 aliphatic heterocycles. The van der Waals surface area contributed by atoms with Crippen molar-refractivity contribution in [3.63, 3.8) is 0 Å². The molecule has 2 rings (SSSR count). The number of carbonyl (C=O) groups excluding carboxylic acids is 1. The molecule has 0 spiro atoms. The number of esters is 1. The molecule has 0 radical (unpaired) electrons. The van der Waals surface area contributed by atoms with Crippen LogP contribution in [0.15, 0.2) is 18.3 Å². The number of nitrogens with zero attached hydrogens (tertiary/aromatic N) is 1. The molecule has 16 heavy (non-hydrogen) atoms. The SMILES string of the molecule is Nc1cccnc1C(=O)OCCC1CCC1. The van der Waals surface area contributed by atoms with E-state index < -0.39 is 5.97 Å². The van der Waals surface area contributed by atoms with Crippen molar-refractivity contribution in [3.8, 4) is 0 Å². The van der Waals surface area contributed by atoms with Gasteiger partial charge in [-0.15, -0.1) is 0 Å². The lowest BCUT2D eigenvalue weighted by Crippen LogP contribution is -2.16. The highest BCUT2D eigenvalue weighted by atomic mass is 16.5. The first-order valence-electron chi connectivity index (χ1n) is 5.65.